The molecule has 0 aromatic rings. The van der Waals surface area contributed by atoms with E-state index in [1.165, 1.54) is 0 Å². The lowest BCUT2D eigenvalue weighted by atomic mass is 10.1. The maximum absolute atomic E-state index is 12.4. The van der Waals surface area contributed by atoms with Gasteiger partial charge in [-0.3, -0.25) is 14.3 Å². The van der Waals surface area contributed by atoms with Crippen LogP contribution in [0.1, 0.15) is 58.8 Å². The molecule has 0 rings (SSSR count). The molecule has 198 valence electrons. The van der Waals surface area contributed by atoms with Crippen molar-refractivity contribution in [2.45, 2.75) is 83.7 Å². The van der Waals surface area contributed by atoms with Gasteiger partial charge in [-0.05, 0) is 12.8 Å². The minimum absolute atomic E-state index is 0.0261. The molecule has 2 unspecified atom stereocenters. The lowest BCUT2D eigenvalue weighted by molar-refractivity contribution is -0.345. The van der Waals surface area contributed by atoms with Gasteiger partial charge in [-0.2, -0.15) is 0 Å². The number of esters is 2. The Morgan fingerprint density at radius 2 is 1.24 bits per heavy atom. The van der Waals surface area contributed by atoms with Crippen molar-refractivity contribution in [3.8, 4) is 0 Å². The Morgan fingerprint density at radius 1 is 0.794 bits per heavy atom. The maximum Gasteiger partial charge on any atom is 0.522 e. The minimum Gasteiger partial charge on any atom is -0.481 e. The summed E-state index contributed by atoms with van der Waals surface area (Å²) in [5, 5.41) is 8.90. The smallest absolute Gasteiger partial charge is 0.481 e. The maximum atomic E-state index is 12.4. The number of hydrogen-bond donors (Lipinski definition) is 1. The van der Waals surface area contributed by atoms with Gasteiger partial charge in [-0.25, -0.2) is 9.59 Å². The van der Waals surface area contributed by atoms with Crippen molar-refractivity contribution < 1.29 is 64.8 Å². The van der Waals surface area contributed by atoms with Gasteiger partial charge in [0.05, 0.1) is 37.4 Å². The van der Waals surface area contributed by atoms with Crippen LogP contribution in [0.15, 0.2) is 11.6 Å². The zero-order valence-electron chi connectivity index (χ0n) is 18.7. The Hall–Kier alpha value is -2.35. The van der Waals surface area contributed by atoms with Gasteiger partial charge >= 0.3 is 30.6 Å². The van der Waals surface area contributed by atoms with Crippen LogP contribution in [0.4, 0.5) is 26.3 Å². The highest BCUT2D eigenvalue weighted by molar-refractivity contribution is 5.99. The summed E-state index contributed by atoms with van der Waals surface area (Å²) in [7, 11) is 0. The fourth-order valence-corrected chi connectivity index (χ4v) is 2.74. The SMILES string of the molecule is CCCC(CCOC(=O)/C=C(/CC(=O)O)C(=O)OCCC(CCC)OC(F)(F)F)OC(F)(F)F. The Kier molecular flexibility index (Phi) is 14.5. The molecule has 0 aliphatic carbocycles. The molecular formula is C20H28F6O8. The van der Waals surface area contributed by atoms with E-state index < -0.39 is 68.0 Å². The molecule has 0 amide bonds. The number of halogens is 6. The van der Waals surface area contributed by atoms with Crippen molar-refractivity contribution in [3.05, 3.63) is 11.6 Å². The van der Waals surface area contributed by atoms with Crippen LogP contribution in [0.5, 0.6) is 0 Å². The lowest BCUT2D eigenvalue weighted by Gasteiger charge is -2.19. The Balaban J connectivity index is 4.91. The molecule has 0 bridgehead atoms. The molecule has 0 spiro atoms. The quantitative estimate of drug-likeness (QED) is 0.181. The van der Waals surface area contributed by atoms with E-state index >= 15 is 0 Å². The van der Waals surface area contributed by atoms with Gasteiger partial charge in [-0.1, -0.05) is 26.7 Å². The standard InChI is InChI=1S/C20H28F6O8/c1-3-5-14(33-19(21,22)23)7-9-31-17(29)12-13(11-16(27)28)18(30)32-10-8-15(6-4-2)34-20(24,25)26/h12,14-15H,3-11H2,1-2H3,(H,27,28)/b13-12-. The number of carboxylic acid groups (broad SMARTS) is 1. The molecule has 0 saturated carbocycles. The topological polar surface area (TPSA) is 108 Å². The lowest BCUT2D eigenvalue weighted by Crippen LogP contribution is -2.26. The monoisotopic (exact) mass is 510 g/mol. The number of alkyl halides is 6. The summed E-state index contributed by atoms with van der Waals surface area (Å²) in [6, 6.07) is 0. The molecule has 0 aliphatic rings. The van der Waals surface area contributed by atoms with Gasteiger partial charge in [0.25, 0.3) is 0 Å². The highest BCUT2D eigenvalue weighted by Gasteiger charge is 2.34. The second-order valence-corrected chi connectivity index (χ2v) is 7.07. The average Bonchev–Trinajstić information content (AvgIpc) is 2.64. The highest BCUT2D eigenvalue weighted by atomic mass is 19.4. The molecule has 34 heavy (non-hydrogen) atoms. The average molecular weight is 510 g/mol. The second kappa shape index (κ2) is 15.5. The van der Waals surface area contributed by atoms with Gasteiger partial charge in [0, 0.05) is 18.9 Å². The van der Waals surface area contributed by atoms with Crippen molar-refractivity contribution >= 4 is 17.9 Å². The van der Waals surface area contributed by atoms with E-state index in [9.17, 15) is 40.7 Å². The molecule has 0 heterocycles. The van der Waals surface area contributed by atoms with Crippen molar-refractivity contribution in [2.75, 3.05) is 13.2 Å². The number of rotatable bonds is 16. The Morgan fingerprint density at radius 3 is 1.62 bits per heavy atom. The first-order valence-corrected chi connectivity index (χ1v) is 10.4. The van der Waals surface area contributed by atoms with E-state index in [1.54, 1.807) is 13.8 Å². The molecule has 2 atom stereocenters. The van der Waals surface area contributed by atoms with Crippen LogP contribution in [0.25, 0.3) is 0 Å². The molecule has 0 fully saturated rings. The van der Waals surface area contributed by atoms with E-state index in [0.29, 0.717) is 18.9 Å². The number of hydrogen-bond acceptors (Lipinski definition) is 7. The first-order valence-electron chi connectivity index (χ1n) is 10.4. The predicted octanol–water partition coefficient (Wildman–Crippen LogP) is 4.66. The summed E-state index contributed by atoms with van der Waals surface area (Å²) < 4.78 is 91.5. The third-order valence-electron chi connectivity index (χ3n) is 4.07. The summed E-state index contributed by atoms with van der Waals surface area (Å²) in [5.41, 5.74) is -0.655. The first-order chi connectivity index (χ1) is 15.7. The number of carbonyl (C=O) groups is 3. The summed E-state index contributed by atoms with van der Waals surface area (Å²) in [5.74, 6) is -3.99. The normalized spacial score (nSPS) is 14.4. The van der Waals surface area contributed by atoms with Crippen molar-refractivity contribution in [2.24, 2.45) is 0 Å². The third kappa shape index (κ3) is 17.2. The van der Waals surface area contributed by atoms with Gasteiger partial charge in [0.1, 0.15) is 0 Å². The Labute approximate surface area is 192 Å². The molecule has 8 nitrogen and oxygen atoms in total. The molecule has 0 aliphatic heterocycles. The first kappa shape index (κ1) is 31.6. The van der Waals surface area contributed by atoms with E-state index in [4.69, 9.17) is 14.6 Å². The second-order valence-electron chi connectivity index (χ2n) is 7.07. The van der Waals surface area contributed by atoms with Crippen LogP contribution in [0.3, 0.4) is 0 Å². The summed E-state index contributed by atoms with van der Waals surface area (Å²) in [6.07, 6.45) is -12.6. The largest absolute Gasteiger partial charge is 0.522 e. The highest BCUT2D eigenvalue weighted by Crippen LogP contribution is 2.23. The number of aliphatic carboxylic acids is 1. The van der Waals surface area contributed by atoms with Crippen LogP contribution in [-0.4, -0.2) is 61.2 Å². The number of carbonyl (C=O) groups excluding carboxylic acids is 2. The van der Waals surface area contributed by atoms with E-state index in [0.717, 1.165) is 0 Å². The number of carboxylic acids is 1. The van der Waals surface area contributed by atoms with Gasteiger partial charge in [0.15, 0.2) is 0 Å². The van der Waals surface area contributed by atoms with Crippen molar-refractivity contribution in [1.82, 2.24) is 0 Å². The fraction of sp³-hybridized carbons (Fsp3) is 0.750. The Bertz CT molecular complexity index is 675. The zero-order chi connectivity index (χ0) is 26.4. The van der Waals surface area contributed by atoms with Crippen LogP contribution < -0.4 is 0 Å². The molecule has 0 radical (unpaired) electrons. The van der Waals surface area contributed by atoms with Crippen LogP contribution >= 0.6 is 0 Å². The molecule has 0 aromatic heterocycles. The zero-order valence-corrected chi connectivity index (χ0v) is 18.7. The van der Waals surface area contributed by atoms with Crippen LogP contribution in [0, 0.1) is 0 Å². The summed E-state index contributed by atoms with van der Waals surface area (Å²) in [6.45, 7) is 2.21. The van der Waals surface area contributed by atoms with Crippen molar-refractivity contribution in [3.63, 3.8) is 0 Å². The third-order valence-corrected chi connectivity index (χ3v) is 4.07. The molecule has 1 N–H and O–H groups in total. The van der Waals surface area contributed by atoms with Gasteiger partial charge in [0.2, 0.25) is 0 Å². The number of ether oxygens (including phenoxy) is 4. The molecular weight excluding hydrogens is 482 g/mol. The van der Waals surface area contributed by atoms with E-state index in [1.807, 2.05) is 0 Å². The van der Waals surface area contributed by atoms with Gasteiger partial charge < -0.3 is 14.6 Å². The van der Waals surface area contributed by atoms with Gasteiger partial charge in [-0.15, -0.1) is 26.3 Å². The molecule has 14 heteroatoms. The minimum atomic E-state index is -4.89. The fourth-order valence-electron chi connectivity index (χ4n) is 2.74. The molecule has 0 aromatic carbocycles. The van der Waals surface area contributed by atoms with E-state index in [-0.39, 0.29) is 25.7 Å². The molecule has 0 saturated heterocycles. The summed E-state index contributed by atoms with van der Waals surface area (Å²) >= 11 is 0. The van der Waals surface area contributed by atoms with Crippen molar-refractivity contribution in [1.29, 1.82) is 0 Å². The summed E-state index contributed by atoms with van der Waals surface area (Å²) in [4.78, 5) is 34.9. The van der Waals surface area contributed by atoms with Crippen LogP contribution in [0.2, 0.25) is 0 Å². The van der Waals surface area contributed by atoms with E-state index in [2.05, 4.69) is 9.47 Å². The van der Waals surface area contributed by atoms with Crippen LogP contribution in [-0.2, 0) is 33.3 Å². The predicted molar refractivity (Wildman–Crippen MR) is 103 cm³/mol.